The van der Waals surface area contributed by atoms with Crippen LogP contribution in [0.4, 0.5) is 5.69 Å². The van der Waals surface area contributed by atoms with Crippen LogP contribution in [0.15, 0.2) is 82.2 Å². The molecule has 0 fully saturated rings. The minimum Gasteiger partial charge on any atom is -0.459 e. The molecule has 1 amide bonds. The number of fused-ring (bicyclic) bond motifs is 1. The zero-order valence-electron chi connectivity index (χ0n) is 14.8. The van der Waals surface area contributed by atoms with Gasteiger partial charge in [-0.1, -0.05) is 35.9 Å². The van der Waals surface area contributed by atoms with E-state index in [1.807, 2.05) is 61.5 Å². The van der Waals surface area contributed by atoms with Gasteiger partial charge in [-0.05, 0) is 48.7 Å². The maximum Gasteiger partial charge on any atom is 0.294 e. The van der Waals surface area contributed by atoms with Gasteiger partial charge in [0.2, 0.25) is 0 Å². The molecule has 0 saturated carbocycles. The number of furan rings is 1. The van der Waals surface area contributed by atoms with Crippen molar-refractivity contribution in [2.75, 3.05) is 4.90 Å². The number of nitrogens with one attached hydrogen (secondary N) is 1. The molecule has 134 valence electrons. The first-order chi connectivity index (χ1) is 13.1. The van der Waals surface area contributed by atoms with Crippen LogP contribution in [-0.2, 0) is 6.54 Å². The first kappa shape index (κ1) is 16.8. The molecule has 2 aromatic heterocycles. The van der Waals surface area contributed by atoms with E-state index in [1.165, 1.54) is 6.26 Å². The Morgan fingerprint density at radius 1 is 1.04 bits per heavy atom. The lowest BCUT2D eigenvalue weighted by Gasteiger charge is -2.22. The van der Waals surface area contributed by atoms with Crippen LogP contribution in [0, 0.1) is 6.92 Å². The highest BCUT2D eigenvalue weighted by atomic mass is 16.3. The number of amides is 1. The summed E-state index contributed by atoms with van der Waals surface area (Å²) in [6.07, 6.45) is 1.46. The zero-order chi connectivity index (χ0) is 18.8. The van der Waals surface area contributed by atoms with Crippen molar-refractivity contribution >= 4 is 22.5 Å². The molecule has 0 radical (unpaired) electrons. The second-order valence-corrected chi connectivity index (χ2v) is 6.42. The Morgan fingerprint density at radius 3 is 2.56 bits per heavy atom. The van der Waals surface area contributed by atoms with E-state index in [0.29, 0.717) is 11.3 Å². The van der Waals surface area contributed by atoms with E-state index in [4.69, 9.17) is 4.42 Å². The lowest BCUT2D eigenvalue weighted by molar-refractivity contribution is 0.0958. The van der Waals surface area contributed by atoms with E-state index in [1.54, 1.807) is 17.0 Å². The monoisotopic (exact) mass is 358 g/mol. The van der Waals surface area contributed by atoms with Crippen LogP contribution < -0.4 is 10.5 Å². The van der Waals surface area contributed by atoms with Crippen molar-refractivity contribution in [3.05, 3.63) is 100 Å². The summed E-state index contributed by atoms with van der Waals surface area (Å²) in [6.45, 7) is 2.12. The third-order valence-corrected chi connectivity index (χ3v) is 4.48. The van der Waals surface area contributed by atoms with E-state index in [0.717, 1.165) is 16.5 Å². The van der Waals surface area contributed by atoms with E-state index >= 15 is 0 Å². The topological polar surface area (TPSA) is 66.3 Å². The smallest absolute Gasteiger partial charge is 0.294 e. The molecule has 0 unspecified atom stereocenters. The summed E-state index contributed by atoms with van der Waals surface area (Å²) in [6, 6.07) is 20.3. The van der Waals surface area contributed by atoms with Gasteiger partial charge in [0.15, 0.2) is 5.76 Å². The van der Waals surface area contributed by atoms with Crippen molar-refractivity contribution in [2.45, 2.75) is 13.5 Å². The number of rotatable bonds is 4. The summed E-state index contributed by atoms with van der Waals surface area (Å²) < 4.78 is 5.28. The number of hydrogen-bond donors (Lipinski definition) is 1. The molecule has 0 aliphatic rings. The van der Waals surface area contributed by atoms with Crippen LogP contribution in [0.5, 0.6) is 0 Å². The largest absolute Gasteiger partial charge is 0.459 e. The normalized spacial score (nSPS) is 10.9. The molecular formula is C22H18N2O3. The Morgan fingerprint density at radius 2 is 1.81 bits per heavy atom. The summed E-state index contributed by atoms with van der Waals surface area (Å²) in [7, 11) is 0. The molecular weight excluding hydrogens is 340 g/mol. The van der Waals surface area contributed by atoms with Crippen molar-refractivity contribution in [1.29, 1.82) is 0 Å². The first-order valence-electron chi connectivity index (χ1n) is 8.65. The molecule has 2 aromatic carbocycles. The van der Waals surface area contributed by atoms with Crippen LogP contribution in [-0.4, -0.2) is 10.9 Å². The molecule has 4 aromatic rings. The number of nitrogens with zero attached hydrogens (tertiary/aromatic N) is 1. The molecule has 5 heteroatoms. The second-order valence-electron chi connectivity index (χ2n) is 6.42. The first-order valence-corrected chi connectivity index (χ1v) is 8.65. The number of benzene rings is 2. The molecule has 0 saturated heterocycles. The maximum atomic E-state index is 13.0. The quantitative estimate of drug-likeness (QED) is 0.592. The number of hydrogen-bond acceptors (Lipinski definition) is 3. The Kier molecular flexibility index (Phi) is 4.34. The van der Waals surface area contributed by atoms with E-state index in [2.05, 4.69) is 4.98 Å². The lowest BCUT2D eigenvalue weighted by Crippen LogP contribution is -2.32. The summed E-state index contributed by atoms with van der Waals surface area (Å²) in [5.74, 6) is -0.0656. The minimum absolute atomic E-state index is 0.142. The van der Waals surface area contributed by atoms with Gasteiger partial charge in [0, 0.05) is 16.8 Å². The highest BCUT2D eigenvalue weighted by Crippen LogP contribution is 2.21. The third-order valence-electron chi connectivity index (χ3n) is 4.48. The average Bonchev–Trinajstić information content (AvgIpc) is 3.21. The van der Waals surface area contributed by atoms with Gasteiger partial charge in [-0.25, -0.2) is 0 Å². The minimum atomic E-state index is -0.295. The van der Waals surface area contributed by atoms with Gasteiger partial charge in [0.1, 0.15) is 0 Å². The van der Waals surface area contributed by atoms with E-state index < -0.39 is 0 Å². The third kappa shape index (κ3) is 3.40. The zero-order valence-corrected chi connectivity index (χ0v) is 14.8. The molecule has 27 heavy (non-hydrogen) atoms. The van der Waals surface area contributed by atoms with Gasteiger partial charge in [-0.2, -0.15) is 0 Å². The number of carbonyl (C=O) groups excluding carboxylic acids is 1. The molecule has 0 atom stereocenters. The van der Waals surface area contributed by atoms with Crippen molar-refractivity contribution in [1.82, 2.24) is 4.98 Å². The number of aromatic amines is 1. The Labute approximate surface area is 155 Å². The molecule has 4 rings (SSSR count). The van der Waals surface area contributed by atoms with Gasteiger partial charge in [0.25, 0.3) is 11.5 Å². The van der Waals surface area contributed by atoms with Gasteiger partial charge < -0.3 is 14.3 Å². The lowest BCUT2D eigenvalue weighted by atomic mass is 10.1. The number of H-pyrrole nitrogens is 1. The number of pyridine rings is 1. The van der Waals surface area contributed by atoms with Crippen molar-refractivity contribution in [3.8, 4) is 0 Å². The van der Waals surface area contributed by atoms with E-state index in [-0.39, 0.29) is 23.8 Å². The van der Waals surface area contributed by atoms with Crippen molar-refractivity contribution in [2.24, 2.45) is 0 Å². The summed E-state index contributed by atoms with van der Waals surface area (Å²) in [5.41, 5.74) is 2.86. The van der Waals surface area contributed by atoms with Crippen LogP contribution in [0.2, 0.25) is 0 Å². The fourth-order valence-corrected chi connectivity index (χ4v) is 3.02. The SMILES string of the molecule is Cc1ccc(N(Cc2cc3ccccc3[nH]c2=O)C(=O)c2ccco2)cc1. The average molecular weight is 358 g/mol. The van der Waals surface area contributed by atoms with Crippen molar-refractivity contribution < 1.29 is 9.21 Å². The number of anilines is 1. The van der Waals surface area contributed by atoms with Gasteiger partial charge in [-0.3, -0.25) is 9.59 Å². The standard InChI is InChI=1S/C22H18N2O3/c1-15-8-10-18(11-9-15)24(22(26)20-7-4-12-27-20)14-17-13-16-5-2-3-6-19(16)23-21(17)25/h2-13H,14H2,1H3,(H,23,25). The fraction of sp³-hybridized carbons (Fsp3) is 0.0909. The van der Waals surface area contributed by atoms with Crippen LogP contribution in [0.1, 0.15) is 21.7 Å². The molecule has 0 spiro atoms. The highest BCUT2D eigenvalue weighted by Gasteiger charge is 2.21. The Hall–Kier alpha value is -3.60. The predicted octanol–water partition coefficient (Wildman–Crippen LogP) is 4.28. The van der Waals surface area contributed by atoms with Crippen molar-refractivity contribution in [3.63, 3.8) is 0 Å². The van der Waals surface area contributed by atoms with Crippen LogP contribution in [0.3, 0.4) is 0 Å². The fourth-order valence-electron chi connectivity index (χ4n) is 3.02. The second kappa shape index (κ2) is 6.96. The van der Waals surface area contributed by atoms with Crippen LogP contribution in [0.25, 0.3) is 10.9 Å². The number of carbonyl (C=O) groups is 1. The molecule has 0 aliphatic carbocycles. The molecule has 5 nitrogen and oxygen atoms in total. The number of para-hydroxylation sites is 1. The highest BCUT2D eigenvalue weighted by molar-refractivity contribution is 6.04. The molecule has 0 bridgehead atoms. The summed E-state index contributed by atoms with van der Waals surface area (Å²) in [5, 5.41) is 0.918. The molecule has 1 N–H and O–H groups in total. The number of aromatic nitrogens is 1. The molecule has 2 heterocycles. The number of aryl methyl sites for hydroxylation is 1. The summed E-state index contributed by atoms with van der Waals surface area (Å²) >= 11 is 0. The van der Waals surface area contributed by atoms with Gasteiger partial charge >= 0.3 is 0 Å². The van der Waals surface area contributed by atoms with E-state index in [9.17, 15) is 9.59 Å². The Bertz CT molecular complexity index is 1140. The maximum absolute atomic E-state index is 13.0. The van der Waals surface area contributed by atoms with Gasteiger partial charge in [0.05, 0.1) is 12.8 Å². The van der Waals surface area contributed by atoms with Gasteiger partial charge in [-0.15, -0.1) is 0 Å². The Balaban J connectivity index is 1.77. The van der Waals surface area contributed by atoms with Crippen LogP contribution >= 0.6 is 0 Å². The molecule has 0 aliphatic heterocycles. The summed E-state index contributed by atoms with van der Waals surface area (Å²) in [4.78, 5) is 30.0. The predicted molar refractivity (Wildman–Crippen MR) is 105 cm³/mol.